The lowest BCUT2D eigenvalue weighted by molar-refractivity contribution is -0.268. The number of benzene rings is 1. The summed E-state index contributed by atoms with van der Waals surface area (Å²) in [7, 11) is 0. The Morgan fingerprint density at radius 1 is 1.46 bits per heavy atom. The summed E-state index contributed by atoms with van der Waals surface area (Å²) in [6.45, 7) is 1.06. The molecule has 3 rings (SSSR count). The van der Waals surface area contributed by atoms with E-state index in [2.05, 4.69) is 5.32 Å². The number of aliphatic hydroxyl groups is 1. The highest BCUT2D eigenvalue weighted by Crippen LogP contribution is 2.32. The Labute approximate surface area is 144 Å². The lowest BCUT2D eigenvalue weighted by atomic mass is 9.94. The number of carbonyl (C=O) groups excluding carboxylic acids is 2. The van der Waals surface area contributed by atoms with Gasteiger partial charge in [0.25, 0.3) is 5.91 Å². The SMILES string of the molecule is O=C(NC[C@@H]1CCN(C(=O)[O-])C[C@@H]1O)c1cc(Cl)cc2c1OCC2. The Kier molecular flexibility index (Phi) is 4.82. The second-order valence-electron chi connectivity index (χ2n) is 6.08. The molecule has 2 atom stereocenters. The van der Waals surface area contributed by atoms with Crippen LogP contribution in [0.3, 0.4) is 0 Å². The van der Waals surface area contributed by atoms with Gasteiger partial charge in [0.05, 0.1) is 18.3 Å². The number of fused-ring (bicyclic) bond motifs is 1. The lowest BCUT2D eigenvalue weighted by Gasteiger charge is -2.37. The number of piperidine rings is 1. The van der Waals surface area contributed by atoms with Crippen molar-refractivity contribution in [1.29, 1.82) is 0 Å². The van der Waals surface area contributed by atoms with Gasteiger partial charge in [0.1, 0.15) is 11.8 Å². The van der Waals surface area contributed by atoms with Crippen LogP contribution in [0.5, 0.6) is 5.75 Å². The molecule has 2 N–H and O–H groups in total. The number of hydrogen-bond donors (Lipinski definition) is 2. The van der Waals surface area contributed by atoms with Crippen LogP contribution >= 0.6 is 11.6 Å². The molecule has 7 nitrogen and oxygen atoms in total. The van der Waals surface area contributed by atoms with Crippen LogP contribution in [-0.2, 0) is 6.42 Å². The van der Waals surface area contributed by atoms with Gasteiger partial charge in [-0.3, -0.25) is 4.79 Å². The second kappa shape index (κ2) is 6.86. The molecular formula is C16H18ClN2O5-. The molecule has 0 aromatic heterocycles. The van der Waals surface area contributed by atoms with Crippen molar-refractivity contribution in [1.82, 2.24) is 10.2 Å². The minimum Gasteiger partial charge on any atom is -0.530 e. The van der Waals surface area contributed by atoms with Crippen molar-refractivity contribution in [2.24, 2.45) is 5.92 Å². The van der Waals surface area contributed by atoms with E-state index in [-0.39, 0.29) is 31.5 Å². The predicted octanol–water partition coefficient (Wildman–Crippen LogP) is 0.0308. The fraction of sp³-hybridized carbons (Fsp3) is 0.500. The number of aliphatic hydroxyl groups excluding tert-OH is 1. The van der Waals surface area contributed by atoms with Crippen LogP contribution in [-0.4, -0.2) is 54.4 Å². The van der Waals surface area contributed by atoms with E-state index in [4.69, 9.17) is 16.3 Å². The summed E-state index contributed by atoms with van der Waals surface area (Å²) in [6.07, 6.45) is -0.947. The molecule has 2 amide bonds. The lowest BCUT2D eigenvalue weighted by Crippen LogP contribution is -2.53. The molecule has 2 aliphatic rings. The van der Waals surface area contributed by atoms with E-state index in [0.717, 1.165) is 16.9 Å². The zero-order valence-corrected chi connectivity index (χ0v) is 13.7. The molecule has 0 unspecified atom stereocenters. The fourth-order valence-electron chi connectivity index (χ4n) is 3.14. The fourth-order valence-corrected chi connectivity index (χ4v) is 3.38. The topological polar surface area (TPSA) is 102 Å². The minimum absolute atomic E-state index is 0.00144. The van der Waals surface area contributed by atoms with Crippen LogP contribution in [0.15, 0.2) is 12.1 Å². The van der Waals surface area contributed by atoms with Crippen LogP contribution in [0.1, 0.15) is 22.3 Å². The molecule has 0 radical (unpaired) electrons. The molecule has 0 bridgehead atoms. The molecule has 0 spiro atoms. The number of halogens is 1. The third-order valence-electron chi connectivity index (χ3n) is 4.50. The van der Waals surface area contributed by atoms with Crippen LogP contribution in [0.2, 0.25) is 5.02 Å². The number of nitrogens with zero attached hydrogens (tertiary/aromatic N) is 1. The summed E-state index contributed by atoms with van der Waals surface area (Å²) in [6, 6.07) is 3.36. The van der Waals surface area contributed by atoms with Crippen molar-refractivity contribution in [2.75, 3.05) is 26.2 Å². The Bertz CT molecular complexity index is 666. The molecule has 0 saturated carbocycles. The van der Waals surface area contributed by atoms with Gasteiger partial charge in [-0.2, -0.15) is 0 Å². The number of ether oxygens (including phenoxy) is 1. The maximum absolute atomic E-state index is 12.4. The normalized spacial score (nSPS) is 22.7. The number of rotatable bonds is 3. The summed E-state index contributed by atoms with van der Waals surface area (Å²) >= 11 is 6.05. The number of likely N-dealkylation sites (tertiary alicyclic amines) is 1. The maximum Gasteiger partial charge on any atom is 0.255 e. The molecule has 0 aliphatic carbocycles. The van der Waals surface area contributed by atoms with E-state index < -0.39 is 12.2 Å². The third-order valence-corrected chi connectivity index (χ3v) is 4.72. The Hall–Kier alpha value is -1.99. The molecule has 2 aliphatic heterocycles. The summed E-state index contributed by atoms with van der Waals surface area (Å²) in [5.41, 5.74) is 1.30. The number of β-amino-alcohol motifs (C(OH)–C–C–N with tert-alkyl or cyclic N) is 1. The molecule has 8 heteroatoms. The Morgan fingerprint density at radius 3 is 2.96 bits per heavy atom. The molecular weight excluding hydrogens is 336 g/mol. The zero-order chi connectivity index (χ0) is 17.3. The number of nitrogens with one attached hydrogen (secondary N) is 1. The van der Waals surface area contributed by atoms with E-state index in [1.165, 1.54) is 0 Å². The average molecular weight is 354 g/mol. The molecule has 1 saturated heterocycles. The average Bonchev–Trinajstić information content (AvgIpc) is 3.00. The van der Waals surface area contributed by atoms with Gasteiger partial charge in [-0.25, -0.2) is 0 Å². The first-order chi connectivity index (χ1) is 11.5. The van der Waals surface area contributed by atoms with E-state index >= 15 is 0 Å². The van der Waals surface area contributed by atoms with Crippen molar-refractivity contribution < 1.29 is 24.5 Å². The van der Waals surface area contributed by atoms with Gasteiger partial charge in [-0.15, -0.1) is 0 Å². The molecule has 24 heavy (non-hydrogen) atoms. The number of carbonyl (C=O) groups is 2. The Morgan fingerprint density at radius 2 is 2.25 bits per heavy atom. The molecule has 130 valence electrons. The smallest absolute Gasteiger partial charge is 0.255 e. The van der Waals surface area contributed by atoms with Gasteiger partial charge in [0.2, 0.25) is 0 Å². The van der Waals surface area contributed by atoms with Crippen molar-refractivity contribution in [3.05, 3.63) is 28.3 Å². The van der Waals surface area contributed by atoms with E-state index in [9.17, 15) is 19.8 Å². The van der Waals surface area contributed by atoms with Crippen LogP contribution in [0, 0.1) is 5.92 Å². The van der Waals surface area contributed by atoms with E-state index in [1.807, 2.05) is 0 Å². The van der Waals surface area contributed by atoms with Gasteiger partial charge < -0.3 is 30.0 Å². The monoisotopic (exact) mass is 353 g/mol. The summed E-state index contributed by atoms with van der Waals surface area (Å²) in [5, 5.41) is 24.1. The first-order valence-corrected chi connectivity index (χ1v) is 8.21. The number of amides is 2. The van der Waals surface area contributed by atoms with Gasteiger partial charge in [-0.1, -0.05) is 11.6 Å². The molecule has 1 aromatic carbocycles. The van der Waals surface area contributed by atoms with Gasteiger partial charge in [0, 0.05) is 37.0 Å². The minimum atomic E-state index is -1.29. The first kappa shape index (κ1) is 16.9. The van der Waals surface area contributed by atoms with Crippen LogP contribution in [0.25, 0.3) is 0 Å². The van der Waals surface area contributed by atoms with E-state index in [0.29, 0.717) is 29.4 Å². The second-order valence-corrected chi connectivity index (χ2v) is 6.51. The summed E-state index contributed by atoms with van der Waals surface area (Å²) in [5.74, 6) is 0.0344. The van der Waals surface area contributed by atoms with Gasteiger partial charge >= 0.3 is 0 Å². The third kappa shape index (κ3) is 3.42. The highest BCUT2D eigenvalue weighted by atomic mass is 35.5. The highest BCUT2D eigenvalue weighted by molar-refractivity contribution is 6.31. The van der Waals surface area contributed by atoms with Crippen molar-refractivity contribution in [3.8, 4) is 5.75 Å². The van der Waals surface area contributed by atoms with Gasteiger partial charge in [0.15, 0.2) is 0 Å². The molecule has 2 heterocycles. The largest absolute Gasteiger partial charge is 0.530 e. The first-order valence-electron chi connectivity index (χ1n) is 7.83. The zero-order valence-electron chi connectivity index (χ0n) is 13.0. The number of carboxylic acid groups (broad SMARTS) is 1. The van der Waals surface area contributed by atoms with Crippen LogP contribution < -0.4 is 15.2 Å². The standard InChI is InChI=1S/C16H19ClN2O5/c17-11-5-9-2-4-24-14(9)12(6-11)15(21)18-7-10-1-3-19(16(22)23)8-13(10)20/h5-6,10,13,20H,1-4,7-8H2,(H,18,21)(H,22,23)/p-1/t10-,13-/m0/s1. The number of hydrogen-bond acceptors (Lipinski definition) is 5. The van der Waals surface area contributed by atoms with Crippen molar-refractivity contribution in [2.45, 2.75) is 18.9 Å². The summed E-state index contributed by atoms with van der Waals surface area (Å²) in [4.78, 5) is 24.3. The summed E-state index contributed by atoms with van der Waals surface area (Å²) < 4.78 is 5.51. The molecule has 1 fully saturated rings. The Balaban J connectivity index is 1.62. The van der Waals surface area contributed by atoms with E-state index in [1.54, 1.807) is 12.1 Å². The van der Waals surface area contributed by atoms with Crippen molar-refractivity contribution in [3.63, 3.8) is 0 Å². The van der Waals surface area contributed by atoms with Crippen molar-refractivity contribution >= 4 is 23.6 Å². The predicted molar refractivity (Wildman–Crippen MR) is 84.1 cm³/mol. The molecule has 1 aromatic rings. The quantitative estimate of drug-likeness (QED) is 0.798. The maximum atomic E-state index is 12.4. The van der Waals surface area contributed by atoms with Crippen LogP contribution in [0.4, 0.5) is 4.79 Å². The highest BCUT2D eigenvalue weighted by Gasteiger charge is 2.29. The van der Waals surface area contributed by atoms with Gasteiger partial charge in [-0.05, 0) is 24.1 Å².